The van der Waals surface area contributed by atoms with Gasteiger partial charge in [0, 0.05) is 17.9 Å². The lowest BCUT2D eigenvalue weighted by Crippen LogP contribution is -2.11. The molecule has 1 saturated carbocycles. The first-order valence-corrected chi connectivity index (χ1v) is 4.94. The smallest absolute Gasteiger partial charge is 0.0372 e. The Bertz CT molecular complexity index is 275. The van der Waals surface area contributed by atoms with E-state index in [-0.39, 0.29) is 6.04 Å². The molecule has 2 rings (SSSR count). The maximum atomic E-state index is 6.05. The molecule has 2 nitrogen and oxygen atoms in total. The average molecular weight is 176 g/mol. The van der Waals surface area contributed by atoms with Gasteiger partial charge in [-0.3, -0.25) is 4.98 Å². The number of hydrogen-bond acceptors (Lipinski definition) is 2. The van der Waals surface area contributed by atoms with Gasteiger partial charge in [-0.15, -0.1) is 0 Å². The highest BCUT2D eigenvalue weighted by Gasteiger charge is 2.24. The van der Waals surface area contributed by atoms with Crippen LogP contribution in [0.25, 0.3) is 0 Å². The minimum atomic E-state index is 0.195. The van der Waals surface area contributed by atoms with Gasteiger partial charge >= 0.3 is 0 Å². The van der Waals surface area contributed by atoms with Crippen molar-refractivity contribution in [2.24, 2.45) is 11.7 Å². The Balaban J connectivity index is 2.01. The fourth-order valence-corrected chi connectivity index (χ4v) is 1.55. The molecule has 70 valence electrons. The van der Waals surface area contributed by atoms with Crippen LogP contribution in [0, 0.1) is 12.8 Å². The topological polar surface area (TPSA) is 38.9 Å². The molecule has 0 aromatic carbocycles. The first-order valence-electron chi connectivity index (χ1n) is 4.94. The van der Waals surface area contributed by atoms with Crippen LogP contribution < -0.4 is 5.73 Å². The lowest BCUT2D eigenvalue weighted by Gasteiger charge is -2.10. The Morgan fingerprint density at radius 3 is 2.85 bits per heavy atom. The summed E-state index contributed by atoms with van der Waals surface area (Å²) in [7, 11) is 0. The highest BCUT2D eigenvalue weighted by atomic mass is 14.7. The maximum Gasteiger partial charge on any atom is 0.0372 e. The van der Waals surface area contributed by atoms with Gasteiger partial charge in [-0.25, -0.2) is 0 Å². The van der Waals surface area contributed by atoms with Crippen LogP contribution in [0.3, 0.4) is 0 Å². The molecule has 0 spiro atoms. The Morgan fingerprint density at radius 1 is 1.54 bits per heavy atom. The summed E-state index contributed by atoms with van der Waals surface area (Å²) in [5.74, 6) is 0.885. The number of nitrogens with zero attached hydrogens (tertiary/aromatic N) is 1. The molecule has 1 heterocycles. The summed E-state index contributed by atoms with van der Waals surface area (Å²) in [4.78, 5) is 4.25. The first kappa shape index (κ1) is 8.70. The summed E-state index contributed by atoms with van der Waals surface area (Å²) in [6.07, 6.45) is 5.77. The lowest BCUT2D eigenvalue weighted by molar-refractivity contribution is 0.595. The Labute approximate surface area is 79.2 Å². The molecule has 0 amide bonds. The maximum absolute atomic E-state index is 6.05. The quantitative estimate of drug-likeness (QED) is 0.766. The van der Waals surface area contributed by atoms with Crippen LogP contribution in [0.1, 0.15) is 36.6 Å². The minimum absolute atomic E-state index is 0.195. The Morgan fingerprint density at radius 2 is 2.31 bits per heavy atom. The molecular formula is C11H16N2. The van der Waals surface area contributed by atoms with Crippen molar-refractivity contribution in [3.63, 3.8) is 0 Å². The molecule has 0 unspecified atom stereocenters. The standard InChI is InChI=1S/C11H16N2/c1-8-2-5-10(7-13-8)11(12)6-9-3-4-9/h2,5,7,9,11H,3-4,6,12H2,1H3/t11-/m1/s1. The third-order valence-corrected chi connectivity index (χ3v) is 2.65. The predicted octanol–water partition coefficient (Wildman–Crippen LogP) is 2.19. The summed E-state index contributed by atoms with van der Waals surface area (Å²) >= 11 is 0. The molecule has 0 bridgehead atoms. The largest absolute Gasteiger partial charge is 0.324 e. The average Bonchev–Trinajstić information content (AvgIpc) is 2.89. The number of aromatic nitrogens is 1. The van der Waals surface area contributed by atoms with Crippen molar-refractivity contribution in [3.05, 3.63) is 29.6 Å². The normalized spacial score (nSPS) is 18.6. The van der Waals surface area contributed by atoms with Crippen molar-refractivity contribution in [1.82, 2.24) is 4.98 Å². The van der Waals surface area contributed by atoms with Gasteiger partial charge in [0.2, 0.25) is 0 Å². The van der Waals surface area contributed by atoms with E-state index in [9.17, 15) is 0 Å². The summed E-state index contributed by atoms with van der Waals surface area (Å²) in [6.45, 7) is 2.00. The van der Waals surface area contributed by atoms with Gasteiger partial charge in [0.1, 0.15) is 0 Å². The first-order chi connectivity index (χ1) is 6.25. The second-order valence-corrected chi connectivity index (χ2v) is 4.02. The van der Waals surface area contributed by atoms with Crippen molar-refractivity contribution in [2.45, 2.75) is 32.2 Å². The van der Waals surface area contributed by atoms with Crippen molar-refractivity contribution >= 4 is 0 Å². The highest BCUT2D eigenvalue weighted by molar-refractivity contribution is 5.17. The fourth-order valence-electron chi connectivity index (χ4n) is 1.55. The van der Waals surface area contributed by atoms with E-state index in [0.717, 1.165) is 18.0 Å². The number of rotatable bonds is 3. The van der Waals surface area contributed by atoms with Crippen LogP contribution in [0.5, 0.6) is 0 Å². The van der Waals surface area contributed by atoms with E-state index < -0.39 is 0 Å². The van der Waals surface area contributed by atoms with Crippen LogP contribution in [-0.4, -0.2) is 4.98 Å². The summed E-state index contributed by atoms with van der Waals surface area (Å²) in [5.41, 5.74) is 8.28. The molecule has 0 aliphatic heterocycles. The van der Waals surface area contributed by atoms with Gasteiger partial charge in [0.05, 0.1) is 0 Å². The molecule has 1 aliphatic rings. The Hall–Kier alpha value is -0.890. The fraction of sp³-hybridized carbons (Fsp3) is 0.545. The highest BCUT2D eigenvalue weighted by Crippen LogP contribution is 2.36. The van der Waals surface area contributed by atoms with E-state index in [1.54, 1.807) is 0 Å². The van der Waals surface area contributed by atoms with Gasteiger partial charge in [0.25, 0.3) is 0 Å². The molecule has 2 N–H and O–H groups in total. The van der Waals surface area contributed by atoms with Gasteiger partial charge in [-0.1, -0.05) is 18.9 Å². The number of pyridine rings is 1. The van der Waals surface area contributed by atoms with Crippen LogP contribution >= 0.6 is 0 Å². The van der Waals surface area contributed by atoms with Gasteiger partial charge in [0.15, 0.2) is 0 Å². The monoisotopic (exact) mass is 176 g/mol. The molecule has 1 aliphatic carbocycles. The molecule has 1 atom stereocenters. The van der Waals surface area contributed by atoms with Crippen LogP contribution in [0.15, 0.2) is 18.3 Å². The van der Waals surface area contributed by atoms with Crippen LogP contribution in [0.2, 0.25) is 0 Å². The zero-order valence-corrected chi connectivity index (χ0v) is 8.03. The zero-order valence-electron chi connectivity index (χ0n) is 8.03. The molecule has 1 fully saturated rings. The van der Waals surface area contributed by atoms with E-state index in [1.807, 2.05) is 19.2 Å². The number of aryl methyl sites for hydroxylation is 1. The summed E-state index contributed by atoms with van der Waals surface area (Å²) in [6, 6.07) is 4.32. The molecule has 0 radical (unpaired) electrons. The van der Waals surface area contributed by atoms with E-state index >= 15 is 0 Å². The molecule has 0 saturated heterocycles. The van der Waals surface area contributed by atoms with Crippen LogP contribution in [-0.2, 0) is 0 Å². The van der Waals surface area contributed by atoms with Gasteiger partial charge in [-0.05, 0) is 30.9 Å². The summed E-state index contributed by atoms with van der Waals surface area (Å²) < 4.78 is 0. The van der Waals surface area contributed by atoms with E-state index in [4.69, 9.17) is 5.73 Å². The third kappa shape index (κ3) is 2.28. The predicted molar refractivity (Wildman–Crippen MR) is 53.2 cm³/mol. The summed E-state index contributed by atoms with van der Waals surface area (Å²) in [5, 5.41) is 0. The number of nitrogens with two attached hydrogens (primary N) is 1. The molecule has 2 heteroatoms. The van der Waals surface area contributed by atoms with Gasteiger partial charge in [-0.2, -0.15) is 0 Å². The second-order valence-electron chi connectivity index (χ2n) is 4.02. The van der Waals surface area contributed by atoms with Crippen LogP contribution in [0.4, 0.5) is 0 Å². The van der Waals surface area contributed by atoms with E-state index in [2.05, 4.69) is 11.1 Å². The van der Waals surface area contributed by atoms with Crippen molar-refractivity contribution in [2.75, 3.05) is 0 Å². The van der Waals surface area contributed by atoms with E-state index in [1.165, 1.54) is 18.4 Å². The molecule has 13 heavy (non-hydrogen) atoms. The second kappa shape index (κ2) is 3.46. The Kier molecular flexibility index (Phi) is 2.32. The number of hydrogen-bond donors (Lipinski definition) is 1. The molecule has 1 aromatic heterocycles. The van der Waals surface area contributed by atoms with Gasteiger partial charge < -0.3 is 5.73 Å². The molecule has 1 aromatic rings. The molecular weight excluding hydrogens is 160 g/mol. The lowest BCUT2D eigenvalue weighted by atomic mass is 10.0. The van der Waals surface area contributed by atoms with Crippen molar-refractivity contribution < 1.29 is 0 Å². The third-order valence-electron chi connectivity index (χ3n) is 2.65. The van der Waals surface area contributed by atoms with Crippen molar-refractivity contribution in [3.8, 4) is 0 Å². The SMILES string of the molecule is Cc1ccc([C@H](N)CC2CC2)cn1. The van der Waals surface area contributed by atoms with Crippen molar-refractivity contribution in [1.29, 1.82) is 0 Å². The zero-order chi connectivity index (χ0) is 9.26. The van der Waals surface area contributed by atoms with E-state index in [0.29, 0.717) is 0 Å². The minimum Gasteiger partial charge on any atom is -0.324 e.